The smallest absolute Gasteiger partial charge is 0.238 e. The second kappa shape index (κ2) is 12.3. The topological polar surface area (TPSA) is 43.6 Å². The molecule has 0 radical (unpaired) electrons. The van der Waals surface area contributed by atoms with Crippen molar-refractivity contribution >= 4 is 64.1 Å². The molecule has 0 N–H and O–H groups in total. The van der Waals surface area contributed by atoms with Gasteiger partial charge in [0.2, 0.25) is 5.95 Å². The molecule has 54 heavy (non-hydrogen) atoms. The first-order chi connectivity index (χ1) is 26.8. The van der Waals surface area contributed by atoms with Crippen LogP contribution in [0.2, 0.25) is 0 Å². The highest BCUT2D eigenvalue weighted by Crippen LogP contribution is 2.43. The summed E-state index contributed by atoms with van der Waals surface area (Å²) in [4.78, 5) is 15.2. The van der Waals surface area contributed by atoms with Gasteiger partial charge in [-0.1, -0.05) is 158 Å². The SMILES string of the molecule is c1ccc(-c2nc(-c3ccccc3)nc(-n3c4ccccc4c4cc(-c5cccc6c(-c7cccc8c7sc7ccccc78)cccc56)ccc43)n2)cc1. The number of rotatable bonds is 5. The zero-order valence-electron chi connectivity index (χ0n) is 29.0. The summed E-state index contributed by atoms with van der Waals surface area (Å²) in [5.41, 5.74) is 8.88. The average Bonchev–Trinajstić information content (AvgIpc) is 3.79. The third kappa shape index (κ3) is 4.86. The monoisotopic (exact) mass is 706 g/mol. The summed E-state index contributed by atoms with van der Waals surface area (Å²) >= 11 is 1.88. The summed E-state index contributed by atoms with van der Waals surface area (Å²) < 4.78 is 4.83. The minimum Gasteiger partial charge on any atom is -0.278 e. The van der Waals surface area contributed by atoms with E-state index < -0.39 is 0 Å². The molecule has 252 valence electrons. The van der Waals surface area contributed by atoms with Crippen molar-refractivity contribution in [3.8, 4) is 51.0 Å². The lowest BCUT2D eigenvalue weighted by molar-refractivity contribution is 0.953. The van der Waals surface area contributed by atoms with E-state index in [1.807, 2.05) is 72.0 Å². The molecule has 11 rings (SSSR count). The van der Waals surface area contributed by atoms with Crippen molar-refractivity contribution in [1.82, 2.24) is 19.5 Å². The lowest BCUT2D eigenvalue weighted by atomic mass is 9.92. The van der Waals surface area contributed by atoms with Crippen molar-refractivity contribution in [1.29, 1.82) is 0 Å². The van der Waals surface area contributed by atoms with Gasteiger partial charge in [0.1, 0.15) is 0 Å². The van der Waals surface area contributed by atoms with Gasteiger partial charge in [0.15, 0.2) is 11.6 Å². The Morgan fingerprint density at radius 1 is 0.352 bits per heavy atom. The maximum atomic E-state index is 5.11. The fraction of sp³-hybridized carbons (Fsp3) is 0. The summed E-state index contributed by atoms with van der Waals surface area (Å²) in [6, 6.07) is 64.5. The summed E-state index contributed by atoms with van der Waals surface area (Å²) in [5, 5.41) is 7.40. The van der Waals surface area contributed by atoms with Crippen molar-refractivity contribution in [2.24, 2.45) is 0 Å². The minimum absolute atomic E-state index is 0.590. The van der Waals surface area contributed by atoms with Gasteiger partial charge < -0.3 is 0 Å². The first kappa shape index (κ1) is 30.7. The van der Waals surface area contributed by atoms with Crippen LogP contribution >= 0.6 is 11.3 Å². The van der Waals surface area contributed by atoms with E-state index >= 15 is 0 Å². The molecule has 11 aromatic rings. The van der Waals surface area contributed by atoms with E-state index in [2.05, 4.69) is 126 Å². The standard InChI is InChI=1S/C49H30N4S/c1-3-14-31(15-4-1)47-50-48(32-16-5-2-6-17-32)52-49(51-47)53-43-26-9-7-18-38(43)42-30-33(28-29-44(42)53)34-20-11-22-36-35(34)21-12-23-37(36)40-24-13-25-41-39-19-8-10-27-45(39)54-46(40)41/h1-30H. The summed E-state index contributed by atoms with van der Waals surface area (Å²) in [6.45, 7) is 0. The van der Waals surface area contributed by atoms with E-state index in [4.69, 9.17) is 15.0 Å². The summed E-state index contributed by atoms with van der Waals surface area (Å²) in [6.07, 6.45) is 0. The number of hydrogen-bond donors (Lipinski definition) is 0. The van der Waals surface area contributed by atoms with Gasteiger partial charge in [-0.15, -0.1) is 11.3 Å². The highest BCUT2D eigenvalue weighted by Gasteiger charge is 2.19. The first-order valence-electron chi connectivity index (χ1n) is 18.1. The molecule has 3 heterocycles. The van der Waals surface area contributed by atoms with Crippen molar-refractivity contribution in [3.05, 3.63) is 182 Å². The summed E-state index contributed by atoms with van der Waals surface area (Å²) in [5.74, 6) is 1.87. The van der Waals surface area contributed by atoms with Crippen LogP contribution in [0.15, 0.2) is 182 Å². The molecule has 0 saturated carbocycles. The van der Waals surface area contributed by atoms with Crippen molar-refractivity contribution < 1.29 is 0 Å². The van der Waals surface area contributed by atoms with E-state index in [1.54, 1.807) is 0 Å². The van der Waals surface area contributed by atoms with Crippen molar-refractivity contribution in [2.75, 3.05) is 0 Å². The van der Waals surface area contributed by atoms with Crippen molar-refractivity contribution in [3.63, 3.8) is 0 Å². The van der Waals surface area contributed by atoms with Crippen LogP contribution in [0, 0.1) is 0 Å². The largest absolute Gasteiger partial charge is 0.278 e. The Morgan fingerprint density at radius 3 is 1.65 bits per heavy atom. The van der Waals surface area contributed by atoms with Gasteiger partial charge in [0.05, 0.1) is 11.0 Å². The molecule has 0 bridgehead atoms. The number of thiophene rings is 1. The van der Waals surface area contributed by atoms with Gasteiger partial charge >= 0.3 is 0 Å². The molecule has 0 unspecified atom stereocenters. The highest BCUT2D eigenvalue weighted by molar-refractivity contribution is 7.26. The van der Waals surface area contributed by atoms with E-state index in [0.717, 1.165) is 32.9 Å². The Hall–Kier alpha value is -6.95. The fourth-order valence-corrected chi connectivity index (χ4v) is 9.24. The van der Waals surface area contributed by atoms with Gasteiger partial charge in [0, 0.05) is 47.6 Å². The Morgan fingerprint density at radius 2 is 0.907 bits per heavy atom. The first-order valence-corrected chi connectivity index (χ1v) is 18.9. The quantitative estimate of drug-likeness (QED) is 0.179. The second-order valence-corrected chi connectivity index (χ2v) is 14.6. The van der Waals surface area contributed by atoms with Crippen LogP contribution in [0.4, 0.5) is 0 Å². The molecule has 0 atom stereocenters. The summed E-state index contributed by atoms with van der Waals surface area (Å²) in [7, 11) is 0. The number of benzene rings is 8. The van der Waals surface area contributed by atoms with Gasteiger partial charge in [-0.3, -0.25) is 4.57 Å². The molecule has 0 aliphatic rings. The van der Waals surface area contributed by atoms with Gasteiger partial charge in [-0.2, -0.15) is 9.97 Å². The van der Waals surface area contributed by atoms with E-state index in [1.165, 1.54) is 53.2 Å². The Kier molecular flexibility index (Phi) is 7.00. The lowest BCUT2D eigenvalue weighted by Gasteiger charge is -2.13. The average molecular weight is 707 g/mol. The Bertz CT molecular complexity index is 3160. The fourth-order valence-electron chi connectivity index (χ4n) is 8.01. The third-order valence-electron chi connectivity index (χ3n) is 10.5. The van der Waals surface area contributed by atoms with Gasteiger partial charge in [-0.05, 0) is 51.7 Å². The number of hydrogen-bond acceptors (Lipinski definition) is 4. The molecule has 0 saturated heterocycles. The van der Waals surface area contributed by atoms with Crippen LogP contribution in [0.5, 0.6) is 0 Å². The zero-order valence-corrected chi connectivity index (χ0v) is 29.8. The van der Waals surface area contributed by atoms with Crippen LogP contribution in [0.1, 0.15) is 0 Å². The van der Waals surface area contributed by atoms with Crippen LogP contribution in [-0.4, -0.2) is 19.5 Å². The van der Waals surface area contributed by atoms with Crippen LogP contribution in [-0.2, 0) is 0 Å². The third-order valence-corrected chi connectivity index (χ3v) is 11.7. The number of fused-ring (bicyclic) bond motifs is 7. The van der Waals surface area contributed by atoms with Gasteiger partial charge in [0.25, 0.3) is 0 Å². The van der Waals surface area contributed by atoms with E-state index in [0.29, 0.717) is 17.6 Å². The molecular formula is C49H30N4S. The van der Waals surface area contributed by atoms with Crippen LogP contribution in [0.25, 0.3) is 104 Å². The normalized spacial score (nSPS) is 11.7. The molecule has 0 aliphatic heterocycles. The van der Waals surface area contributed by atoms with Crippen molar-refractivity contribution in [2.45, 2.75) is 0 Å². The predicted octanol–water partition coefficient (Wildman–Crippen LogP) is 13.2. The molecule has 0 fully saturated rings. The lowest BCUT2D eigenvalue weighted by Crippen LogP contribution is -2.06. The van der Waals surface area contributed by atoms with Crippen LogP contribution in [0.3, 0.4) is 0 Å². The predicted molar refractivity (Wildman–Crippen MR) is 226 cm³/mol. The van der Waals surface area contributed by atoms with Crippen LogP contribution < -0.4 is 0 Å². The molecular weight excluding hydrogens is 677 g/mol. The van der Waals surface area contributed by atoms with E-state index in [9.17, 15) is 0 Å². The molecule has 8 aromatic carbocycles. The van der Waals surface area contributed by atoms with Gasteiger partial charge in [-0.25, -0.2) is 4.98 Å². The Balaban J connectivity index is 1.10. The maximum absolute atomic E-state index is 5.11. The highest BCUT2D eigenvalue weighted by atomic mass is 32.1. The molecule has 0 amide bonds. The second-order valence-electron chi connectivity index (χ2n) is 13.6. The minimum atomic E-state index is 0.590. The van der Waals surface area contributed by atoms with E-state index in [-0.39, 0.29) is 0 Å². The molecule has 3 aromatic heterocycles. The number of nitrogens with zero attached hydrogens (tertiary/aromatic N) is 4. The molecule has 4 nitrogen and oxygen atoms in total. The molecule has 5 heteroatoms. The zero-order chi connectivity index (χ0) is 35.6. The molecule has 0 aliphatic carbocycles. The molecule has 0 spiro atoms. The maximum Gasteiger partial charge on any atom is 0.238 e. The number of aromatic nitrogens is 4. The number of para-hydroxylation sites is 1. The Labute approximate surface area is 315 Å².